The normalized spacial score (nSPS) is 19.7. The van der Waals surface area contributed by atoms with Gasteiger partial charge in [-0.25, -0.2) is 4.79 Å². The molecule has 1 aliphatic carbocycles. The van der Waals surface area contributed by atoms with Crippen LogP contribution in [0.2, 0.25) is 5.02 Å². The van der Waals surface area contributed by atoms with E-state index < -0.39 is 12.1 Å². The van der Waals surface area contributed by atoms with Gasteiger partial charge in [0.05, 0.1) is 34.7 Å². The second-order valence-corrected chi connectivity index (χ2v) is 13.7. The van der Waals surface area contributed by atoms with Crippen molar-refractivity contribution in [2.24, 2.45) is 12.5 Å². The van der Waals surface area contributed by atoms with Crippen LogP contribution in [0.25, 0.3) is 22.0 Å². The summed E-state index contributed by atoms with van der Waals surface area (Å²) in [6.45, 7) is 12.3. The van der Waals surface area contributed by atoms with Crippen LogP contribution in [0.1, 0.15) is 44.0 Å². The van der Waals surface area contributed by atoms with Crippen LogP contribution >= 0.6 is 11.6 Å². The zero-order valence-corrected chi connectivity index (χ0v) is 26.5. The first-order valence-electron chi connectivity index (χ1n) is 15.0. The summed E-state index contributed by atoms with van der Waals surface area (Å²) in [7, 11) is 1.90. The van der Waals surface area contributed by atoms with Crippen molar-refractivity contribution in [1.29, 1.82) is 0 Å². The van der Waals surface area contributed by atoms with E-state index in [1.807, 2.05) is 26.4 Å². The highest BCUT2D eigenvalue weighted by Gasteiger charge is 2.50. The Labute approximate surface area is 262 Å². The summed E-state index contributed by atoms with van der Waals surface area (Å²) in [5, 5.41) is 18.0. The van der Waals surface area contributed by atoms with Crippen LogP contribution in [0, 0.1) is 19.3 Å². The Kier molecular flexibility index (Phi) is 6.72. The highest BCUT2D eigenvalue weighted by Crippen LogP contribution is 2.53. The predicted octanol–water partition coefficient (Wildman–Crippen LogP) is 4.45. The molecule has 5 heterocycles. The number of halogens is 4. The van der Waals surface area contributed by atoms with Crippen LogP contribution in [-0.4, -0.2) is 79.9 Å². The van der Waals surface area contributed by atoms with Gasteiger partial charge in [-0.1, -0.05) is 16.4 Å². The zero-order chi connectivity index (χ0) is 32.1. The molecule has 3 aliphatic rings. The minimum Gasteiger partial charge on any atom is -0.365 e. The smallest absolute Gasteiger partial charge is 0.365 e. The molecule has 0 atom stereocenters. The second kappa shape index (κ2) is 10.1. The molecule has 1 saturated carbocycles. The molecule has 3 fully saturated rings. The quantitative estimate of drug-likeness (QED) is 0.340. The van der Waals surface area contributed by atoms with Crippen LogP contribution in [0.15, 0.2) is 24.7 Å². The Hall–Kier alpha value is -3.78. The number of nitrogens with zero attached hydrogens (tertiary/aromatic N) is 8. The largest absolute Gasteiger partial charge is 0.493 e. The van der Waals surface area contributed by atoms with Crippen LogP contribution in [0.3, 0.4) is 0 Å². The van der Waals surface area contributed by atoms with E-state index in [2.05, 4.69) is 48.7 Å². The lowest BCUT2D eigenvalue weighted by molar-refractivity contribution is -0.200. The van der Waals surface area contributed by atoms with Gasteiger partial charge < -0.3 is 20.0 Å². The summed E-state index contributed by atoms with van der Waals surface area (Å²) < 4.78 is 43.2. The van der Waals surface area contributed by atoms with E-state index in [9.17, 15) is 18.0 Å². The van der Waals surface area contributed by atoms with Crippen molar-refractivity contribution in [3.8, 4) is 11.1 Å². The first kappa shape index (κ1) is 29.9. The number of rotatable bonds is 5. The van der Waals surface area contributed by atoms with Crippen LogP contribution in [0.5, 0.6) is 0 Å². The second-order valence-electron chi connectivity index (χ2n) is 13.4. The van der Waals surface area contributed by atoms with E-state index in [4.69, 9.17) is 16.7 Å². The third-order valence-corrected chi connectivity index (χ3v) is 10.1. The number of piperazine rings is 1. The van der Waals surface area contributed by atoms with Crippen molar-refractivity contribution in [3.05, 3.63) is 40.9 Å². The summed E-state index contributed by atoms with van der Waals surface area (Å²) in [5.41, 5.74) is 4.11. The van der Waals surface area contributed by atoms with Crippen LogP contribution in [0.4, 0.5) is 24.7 Å². The highest BCUT2D eigenvalue weighted by atomic mass is 35.5. The minimum absolute atomic E-state index is 0.200. The van der Waals surface area contributed by atoms with Crippen molar-refractivity contribution in [2.45, 2.75) is 58.3 Å². The van der Waals surface area contributed by atoms with Crippen molar-refractivity contribution in [1.82, 2.24) is 34.8 Å². The maximum Gasteiger partial charge on any atom is 0.493 e. The maximum absolute atomic E-state index is 13.1. The van der Waals surface area contributed by atoms with E-state index in [-0.39, 0.29) is 17.1 Å². The molecule has 1 aromatic carbocycles. The number of hydrogen-bond acceptors (Lipinski definition) is 8. The number of carbonyl (C=O) groups is 1. The van der Waals surface area contributed by atoms with E-state index in [0.29, 0.717) is 44.9 Å². The molecule has 11 nitrogen and oxygen atoms in total. The number of aryl methyl sites for hydroxylation is 2. The van der Waals surface area contributed by atoms with Gasteiger partial charge in [0.25, 0.3) is 0 Å². The summed E-state index contributed by atoms with van der Waals surface area (Å²) in [4.78, 5) is 21.6. The molecule has 0 unspecified atom stereocenters. The Morgan fingerprint density at radius 1 is 1.11 bits per heavy atom. The fourth-order valence-corrected chi connectivity index (χ4v) is 7.51. The van der Waals surface area contributed by atoms with Gasteiger partial charge in [0, 0.05) is 68.2 Å². The SMILES string of the molecule is Cc1cc2c(cnn2OC(=O)C(F)(F)F)c(-c2c(N3CCN(c4cnn(C)c4)CC3(C)C)nn(C3CC4(CNC4)C3)c2C)c1Cl. The molecule has 2 aliphatic heterocycles. The molecule has 0 amide bonds. The molecule has 240 valence electrons. The number of alkyl halides is 3. The van der Waals surface area contributed by atoms with Gasteiger partial charge in [0.15, 0.2) is 5.82 Å². The van der Waals surface area contributed by atoms with Gasteiger partial charge in [-0.15, -0.1) is 5.10 Å². The summed E-state index contributed by atoms with van der Waals surface area (Å²) in [6.07, 6.45) is 2.12. The van der Waals surface area contributed by atoms with Crippen molar-refractivity contribution < 1.29 is 22.8 Å². The molecule has 15 heteroatoms. The lowest BCUT2D eigenvalue weighted by Gasteiger charge is -2.54. The molecular weight excluding hydrogens is 611 g/mol. The molecule has 7 rings (SSSR count). The van der Waals surface area contributed by atoms with Crippen molar-refractivity contribution >= 4 is 40.0 Å². The molecule has 4 aromatic rings. The van der Waals surface area contributed by atoms with Crippen LogP contribution in [-0.2, 0) is 11.8 Å². The molecule has 3 aromatic heterocycles. The van der Waals surface area contributed by atoms with Gasteiger partial charge in [-0.3, -0.25) is 9.36 Å². The van der Waals surface area contributed by atoms with Crippen molar-refractivity contribution in [2.75, 3.05) is 42.5 Å². The Bertz CT molecular complexity index is 1810. The first-order valence-corrected chi connectivity index (χ1v) is 15.3. The summed E-state index contributed by atoms with van der Waals surface area (Å²) in [5.74, 6) is -1.60. The van der Waals surface area contributed by atoms with E-state index >= 15 is 0 Å². The number of fused-ring (bicyclic) bond motifs is 1. The number of nitrogens with one attached hydrogen (secondary N) is 1. The Balaban J connectivity index is 1.35. The fourth-order valence-electron chi connectivity index (χ4n) is 7.26. The predicted molar refractivity (Wildman–Crippen MR) is 163 cm³/mol. The number of hydrogen-bond donors (Lipinski definition) is 1. The first-order chi connectivity index (χ1) is 21.2. The Morgan fingerprint density at radius 2 is 1.84 bits per heavy atom. The zero-order valence-electron chi connectivity index (χ0n) is 25.7. The molecule has 0 bridgehead atoms. The van der Waals surface area contributed by atoms with Crippen LogP contribution < -0.4 is 20.0 Å². The molecular formula is C30H35ClF3N9O2. The summed E-state index contributed by atoms with van der Waals surface area (Å²) >= 11 is 7.06. The van der Waals surface area contributed by atoms with Gasteiger partial charge in [-0.05, 0) is 57.6 Å². The highest BCUT2D eigenvalue weighted by molar-refractivity contribution is 6.36. The molecule has 45 heavy (non-hydrogen) atoms. The third-order valence-electron chi connectivity index (χ3n) is 9.64. The van der Waals surface area contributed by atoms with Gasteiger partial charge in [-0.2, -0.15) is 23.4 Å². The number of carbonyl (C=O) groups excluding carboxylic acids is 1. The standard InChI is InChI=1S/C30H35ClF3N9O2/c1-17-8-22-21(12-37-43(22)45-27(44)30(32,33)34)24(25(17)31)23-18(2)42(19-9-29(10-19)14-35-15-29)38-26(23)41-7-6-40(16-28(41,3)4)20-11-36-39(5)13-20/h8,11-13,19,35H,6-7,9-10,14-16H2,1-5H3. The number of aromatic nitrogens is 6. The Morgan fingerprint density at radius 3 is 2.44 bits per heavy atom. The third kappa shape index (κ3) is 4.84. The summed E-state index contributed by atoms with van der Waals surface area (Å²) in [6, 6.07) is 1.79. The fraction of sp³-hybridized carbons (Fsp3) is 0.533. The van der Waals surface area contributed by atoms with Gasteiger partial charge >= 0.3 is 12.1 Å². The minimum atomic E-state index is -5.17. The van der Waals surface area contributed by atoms with Gasteiger partial charge in [0.2, 0.25) is 0 Å². The lowest BCUT2D eigenvalue weighted by Crippen LogP contribution is -2.60. The average Bonchev–Trinajstić information content (AvgIpc) is 3.60. The van der Waals surface area contributed by atoms with E-state index in [0.717, 1.165) is 55.2 Å². The molecule has 1 spiro atoms. The number of anilines is 2. The molecule has 1 N–H and O–H groups in total. The lowest BCUT2D eigenvalue weighted by atomic mass is 9.61. The van der Waals surface area contributed by atoms with E-state index in [1.165, 1.54) is 6.20 Å². The average molecular weight is 646 g/mol. The monoisotopic (exact) mass is 645 g/mol. The topological polar surface area (TPSA) is 98.3 Å². The number of benzene rings is 1. The molecule has 0 radical (unpaired) electrons. The van der Waals surface area contributed by atoms with Gasteiger partial charge in [0.1, 0.15) is 5.52 Å². The van der Waals surface area contributed by atoms with Crippen molar-refractivity contribution in [3.63, 3.8) is 0 Å². The molecule has 2 saturated heterocycles. The maximum atomic E-state index is 13.1. The van der Waals surface area contributed by atoms with E-state index in [1.54, 1.807) is 17.7 Å².